The van der Waals surface area contributed by atoms with Gasteiger partial charge in [-0.3, -0.25) is 4.79 Å². The van der Waals surface area contributed by atoms with Crippen molar-refractivity contribution in [2.75, 3.05) is 12.9 Å². The molecule has 0 saturated carbocycles. The lowest BCUT2D eigenvalue weighted by molar-refractivity contribution is -0.625. The second-order valence-corrected chi connectivity index (χ2v) is 10.6. The fourth-order valence-electron chi connectivity index (χ4n) is 3.82. The van der Waals surface area contributed by atoms with Crippen LogP contribution >= 0.6 is 11.8 Å². The first-order chi connectivity index (χ1) is 18.7. The fraction of sp³-hybridized carbons (Fsp3) is 0.207. The average Bonchev–Trinajstić information content (AvgIpc) is 3.35. The van der Waals surface area contributed by atoms with Crippen LogP contribution in [0.1, 0.15) is 42.3 Å². The summed E-state index contributed by atoms with van der Waals surface area (Å²) in [6.45, 7) is 6.51. The minimum absolute atomic E-state index is 0.00927. The maximum absolute atomic E-state index is 12.5. The molecule has 39 heavy (non-hydrogen) atoms. The van der Waals surface area contributed by atoms with Gasteiger partial charge in [0.15, 0.2) is 0 Å². The number of ether oxygens (including phenoxy) is 1. The van der Waals surface area contributed by atoms with Gasteiger partial charge in [0.2, 0.25) is 0 Å². The van der Waals surface area contributed by atoms with Crippen molar-refractivity contribution < 1.29 is 24.0 Å². The van der Waals surface area contributed by atoms with Gasteiger partial charge >= 0.3 is 5.16 Å². The molecule has 0 atom stereocenters. The van der Waals surface area contributed by atoms with Crippen molar-refractivity contribution in [1.82, 2.24) is 15.6 Å². The molecule has 0 saturated heterocycles. The number of thioether (sulfide) groups is 1. The standard InChI is InChI=1S/C29H29N5O4S/c1-29(2,3)21-11-9-19(10-12-21)26-32-33-28(34(26)22-13-15-23(38-4)16-14-22)39-18-25(35)31-30-17-20-7-5-6-8-24(20)27(36)37/h5-17H,18H2,1-4H3,(H2,31,35,36,37). The van der Waals surface area contributed by atoms with Gasteiger partial charge in [0.25, 0.3) is 11.7 Å². The molecule has 4 rings (SSSR count). The largest absolute Gasteiger partial charge is 0.545 e. The monoisotopic (exact) mass is 543 g/mol. The molecule has 9 nitrogen and oxygen atoms in total. The van der Waals surface area contributed by atoms with Gasteiger partial charge < -0.3 is 14.6 Å². The number of aromatic nitrogens is 3. The van der Waals surface area contributed by atoms with E-state index in [2.05, 4.69) is 65.8 Å². The van der Waals surface area contributed by atoms with Crippen molar-refractivity contribution >= 4 is 29.9 Å². The van der Waals surface area contributed by atoms with E-state index in [1.165, 1.54) is 29.6 Å². The smallest absolute Gasteiger partial charge is 0.342 e. The predicted molar refractivity (Wildman–Crippen MR) is 148 cm³/mol. The number of nitrogens with one attached hydrogen (secondary N) is 2. The highest BCUT2D eigenvalue weighted by atomic mass is 32.2. The average molecular weight is 544 g/mol. The Hall–Kier alpha value is -4.44. The van der Waals surface area contributed by atoms with E-state index in [9.17, 15) is 14.7 Å². The molecule has 0 unspecified atom stereocenters. The Morgan fingerprint density at radius 2 is 1.77 bits per heavy atom. The molecule has 10 heteroatoms. The highest BCUT2D eigenvalue weighted by molar-refractivity contribution is 7.99. The molecule has 0 aliphatic carbocycles. The second kappa shape index (κ2) is 12.0. The molecule has 4 aromatic rings. The molecule has 3 aromatic carbocycles. The summed E-state index contributed by atoms with van der Waals surface area (Å²) in [5, 5.41) is 23.3. The minimum Gasteiger partial charge on any atom is -0.545 e. The topological polar surface area (TPSA) is 123 Å². The van der Waals surface area contributed by atoms with E-state index in [0.29, 0.717) is 10.7 Å². The molecule has 0 spiro atoms. The van der Waals surface area contributed by atoms with Crippen molar-refractivity contribution in [1.29, 1.82) is 0 Å². The summed E-state index contributed by atoms with van der Waals surface area (Å²) in [6, 6.07) is 22.1. The molecular formula is C29H29N5O4S. The predicted octanol–water partition coefficient (Wildman–Crippen LogP) is 3.27. The van der Waals surface area contributed by atoms with E-state index in [4.69, 9.17) is 4.74 Å². The van der Waals surface area contributed by atoms with E-state index in [-0.39, 0.29) is 22.6 Å². The van der Waals surface area contributed by atoms with Gasteiger partial charge in [-0.05, 0) is 59.1 Å². The summed E-state index contributed by atoms with van der Waals surface area (Å²) in [5.41, 5.74) is 5.79. The van der Waals surface area contributed by atoms with Crippen molar-refractivity contribution in [2.45, 2.75) is 31.3 Å². The van der Waals surface area contributed by atoms with E-state index in [0.717, 1.165) is 22.8 Å². The number of benzene rings is 3. The number of carbonyl (C=O) groups is 2. The molecule has 0 fully saturated rings. The second-order valence-electron chi connectivity index (χ2n) is 9.67. The fourth-order valence-corrected chi connectivity index (χ4v) is 4.58. The molecule has 1 amide bonds. The Morgan fingerprint density at radius 1 is 1.08 bits per heavy atom. The Bertz CT molecular complexity index is 1490. The van der Waals surface area contributed by atoms with Crippen LogP contribution in [0.4, 0.5) is 0 Å². The molecule has 0 radical (unpaired) electrons. The number of nitrogens with zero attached hydrogens (tertiary/aromatic N) is 3. The molecule has 2 N–H and O–H groups in total. The summed E-state index contributed by atoms with van der Waals surface area (Å²) in [7, 11) is 1.61. The van der Waals surface area contributed by atoms with Crippen molar-refractivity contribution in [3.05, 3.63) is 89.5 Å². The molecule has 1 heterocycles. The number of rotatable bonds is 9. The lowest BCUT2D eigenvalue weighted by Crippen LogP contribution is -2.34. The Morgan fingerprint density at radius 3 is 2.41 bits per heavy atom. The third-order valence-electron chi connectivity index (χ3n) is 5.93. The molecule has 0 aliphatic heterocycles. The summed E-state index contributed by atoms with van der Waals surface area (Å²) < 4.78 is 7.25. The highest BCUT2D eigenvalue weighted by Gasteiger charge is 2.25. The number of hydrogen-bond donors (Lipinski definition) is 2. The maximum atomic E-state index is 12.5. The zero-order valence-corrected chi connectivity index (χ0v) is 22.9. The quantitative estimate of drug-likeness (QED) is 0.145. The van der Waals surface area contributed by atoms with Crippen molar-refractivity contribution in [2.24, 2.45) is 5.10 Å². The van der Waals surface area contributed by atoms with Gasteiger partial charge in [-0.25, -0.2) is 5.43 Å². The SMILES string of the molecule is COc1ccc(-[n+]2c(SCC(=O)NN=Cc3ccccc3C(=O)[O-])n[nH]c2-c2ccc(C(C)(C)C)cc2)cc1. The molecule has 1 aromatic heterocycles. The summed E-state index contributed by atoms with van der Waals surface area (Å²) in [4.78, 5) is 23.8. The van der Waals surface area contributed by atoms with Crippen LogP contribution in [-0.4, -0.2) is 41.2 Å². The van der Waals surface area contributed by atoms with Crippen molar-refractivity contribution in [3.63, 3.8) is 0 Å². The number of aromatic carboxylic acids is 1. The van der Waals surface area contributed by atoms with Gasteiger partial charge in [0, 0.05) is 11.1 Å². The third kappa shape index (κ3) is 6.71. The highest BCUT2D eigenvalue weighted by Crippen LogP contribution is 2.26. The normalized spacial score (nSPS) is 11.5. The lowest BCUT2D eigenvalue weighted by Gasteiger charge is -2.18. The summed E-state index contributed by atoms with van der Waals surface area (Å²) >= 11 is 1.24. The van der Waals surface area contributed by atoms with Crippen LogP contribution in [0, 0.1) is 0 Å². The van der Waals surface area contributed by atoms with Crippen LogP contribution < -0.4 is 19.8 Å². The number of carbonyl (C=O) groups excluding carboxylic acids is 2. The minimum atomic E-state index is -1.32. The Kier molecular flexibility index (Phi) is 8.46. The molecule has 200 valence electrons. The first-order valence-corrected chi connectivity index (χ1v) is 13.2. The van der Waals surface area contributed by atoms with Gasteiger partial charge in [0.05, 0.1) is 35.7 Å². The van der Waals surface area contributed by atoms with Crippen LogP contribution in [0.5, 0.6) is 5.75 Å². The third-order valence-corrected chi connectivity index (χ3v) is 6.87. The zero-order valence-electron chi connectivity index (χ0n) is 22.1. The van der Waals surface area contributed by atoms with Crippen LogP contribution in [0.2, 0.25) is 0 Å². The number of amides is 1. The van der Waals surface area contributed by atoms with Crippen LogP contribution in [0.15, 0.2) is 83.1 Å². The Balaban J connectivity index is 1.55. The molecule has 0 aliphatic rings. The van der Waals surface area contributed by atoms with Crippen LogP contribution in [-0.2, 0) is 10.2 Å². The van der Waals surface area contributed by atoms with Crippen molar-refractivity contribution in [3.8, 4) is 22.8 Å². The van der Waals surface area contributed by atoms with E-state index in [1.807, 2.05) is 28.8 Å². The number of carboxylic acids is 1. The number of aromatic amines is 1. The summed E-state index contributed by atoms with van der Waals surface area (Å²) in [6.07, 6.45) is 1.28. The number of H-pyrrole nitrogens is 1. The number of hydrazone groups is 1. The zero-order chi connectivity index (χ0) is 28.0. The number of carboxylic acid groups (broad SMARTS) is 1. The van der Waals surface area contributed by atoms with Gasteiger partial charge in [-0.1, -0.05) is 57.2 Å². The van der Waals surface area contributed by atoms with Gasteiger partial charge in [-0.15, -0.1) is 5.10 Å². The molecular weight excluding hydrogens is 514 g/mol. The summed E-state index contributed by atoms with van der Waals surface area (Å²) in [5.74, 6) is -0.166. The van der Waals surface area contributed by atoms with E-state index in [1.54, 1.807) is 25.3 Å². The van der Waals surface area contributed by atoms with E-state index >= 15 is 0 Å². The lowest BCUT2D eigenvalue weighted by atomic mass is 9.87. The van der Waals surface area contributed by atoms with Gasteiger partial charge in [-0.2, -0.15) is 9.67 Å². The van der Waals surface area contributed by atoms with E-state index < -0.39 is 5.97 Å². The maximum Gasteiger partial charge on any atom is 0.342 e. The first kappa shape index (κ1) is 27.6. The van der Waals surface area contributed by atoms with Crippen LogP contribution in [0.25, 0.3) is 17.1 Å². The number of methoxy groups -OCH3 is 1. The number of hydrogen-bond acceptors (Lipinski definition) is 7. The van der Waals surface area contributed by atoms with Gasteiger partial charge in [0.1, 0.15) is 11.4 Å². The first-order valence-electron chi connectivity index (χ1n) is 12.2. The molecule has 0 bridgehead atoms. The van der Waals surface area contributed by atoms with Crippen LogP contribution in [0.3, 0.4) is 0 Å². The Labute approximate surface area is 230 Å².